The summed E-state index contributed by atoms with van der Waals surface area (Å²) in [6.45, 7) is 4.59. The second kappa shape index (κ2) is 8.10. The third kappa shape index (κ3) is 3.92. The maximum absolute atomic E-state index is 12.7. The second-order valence-corrected chi connectivity index (χ2v) is 8.87. The van der Waals surface area contributed by atoms with E-state index in [1.807, 2.05) is 43.3 Å². The first-order chi connectivity index (χ1) is 14.7. The van der Waals surface area contributed by atoms with Gasteiger partial charge in [-0.15, -0.1) is 5.10 Å². The summed E-state index contributed by atoms with van der Waals surface area (Å²) in [7, 11) is 0. The number of nitrogens with zero attached hydrogens (tertiary/aromatic N) is 5. The Morgan fingerprint density at radius 3 is 2.57 bits per heavy atom. The predicted molar refractivity (Wildman–Crippen MR) is 119 cm³/mol. The zero-order valence-electron chi connectivity index (χ0n) is 16.9. The van der Waals surface area contributed by atoms with Crippen molar-refractivity contribution in [2.75, 3.05) is 29.1 Å². The van der Waals surface area contributed by atoms with Gasteiger partial charge in [0, 0.05) is 48.8 Å². The standard InChI is InChI=1S/C22H24N6OS/c1-15-2-7-20(26-25-15)27-10-8-17(9-11-27)21(29)23-18-5-3-16(4-6-18)19-14-28-12-13-30-22(28)24-19/h2-7,14,17H,8-13H2,1H3,(H,23,29). The van der Waals surface area contributed by atoms with E-state index in [0.717, 1.165) is 71.8 Å². The minimum absolute atomic E-state index is 0.0208. The molecular weight excluding hydrogens is 396 g/mol. The Labute approximate surface area is 179 Å². The molecule has 2 aromatic heterocycles. The number of hydrogen-bond donors (Lipinski definition) is 1. The zero-order chi connectivity index (χ0) is 20.5. The molecule has 2 aliphatic heterocycles. The fourth-order valence-corrected chi connectivity index (χ4v) is 4.89. The molecule has 2 aliphatic rings. The molecule has 7 nitrogen and oxygen atoms in total. The lowest BCUT2D eigenvalue weighted by atomic mass is 9.95. The van der Waals surface area contributed by atoms with Crippen LogP contribution in [0, 0.1) is 12.8 Å². The van der Waals surface area contributed by atoms with Crippen LogP contribution in [0.5, 0.6) is 0 Å². The highest BCUT2D eigenvalue weighted by Crippen LogP contribution is 2.29. The summed E-state index contributed by atoms with van der Waals surface area (Å²) >= 11 is 1.79. The van der Waals surface area contributed by atoms with Gasteiger partial charge in [-0.1, -0.05) is 23.9 Å². The summed E-state index contributed by atoms with van der Waals surface area (Å²) < 4.78 is 2.20. The zero-order valence-corrected chi connectivity index (χ0v) is 17.7. The number of piperidine rings is 1. The monoisotopic (exact) mass is 420 g/mol. The lowest BCUT2D eigenvalue weighted by Gasteiger charge is -2.31. The van der Waals surface area contributed by atoms with E-state index in [1.165, 1.54) is 0 Å². The summed E-state index contributed by atoms with van der Waals surface area (Å²) in [5.41, 5.74) is 3.80. The van der Waals surface area contributed by atoms with Crippen molar-refractivity contribution < 1.29 is 4.79 Å². The van der Waals surface area contributed by atoms with Gasteiger partial charge in [0.1, 0.15) is 0 Å². The van der Waals surface area contributed by atoms with Crippen LogP contribution >= 0.6 is 11.8 Å². The van der Waals surface area contributed by atoms with Crippen LogP contribution in [0.4, 0.5) is 11.5 Å². The summed E-state index contributed by atoms with van der Waals surface area (Å²) in [6.07, 6.45) is 3.74. The Bertz CT molecular complexity index is 1020. The molecule has 1 amide bonds. The molecule has 0 unspecified atom stereocenters. The van der Waals surface area contributed by atoms with E-state index in [-0.39, 0.29) is 11.8 Å². The largest absolute Gasteiger partial charge is 0.355 e. The minimum Gasteiger partial charge on any atom is -0.355 e. The Balaban J connectivity index is 1.17. The molecule has 5 rings (SSSR count). The summed E-state index contributed by atoms with van der Waals surface area (Å²) in [4.78, 5) is 19.6. The summed E-state index contributed by atoms with van der Waals surface area (Å²) in [5, 5.41) is 12.6. The van der Waals surface area contributed by atoms with Gasteiger partial charge in [0.25, 0.3) is 0 Å². The van der Waals surface area contributed by atoms with Crippen molar-refractivity contribution in [2.24, 2.45) is 5.92 Å². The molecule has 0 saturated carbocycles. The third-order valence-corrected chi connectivity index (χ3v) is 6.70. The number of benzene rings is 1. The van der Waals surface area contributed by atoms with Gasteiger partial charge >= 0.3 is 0 Å². The number of hydrogen-bond acceptors (Lipinski definition) is 6. The fourth-order valence-electron chi connectivity index (χ4n) is 3.95. The second-order valence-electron chi connectivity index (χ2n) is 7.81. The smallest absolute Gasteiger partial charge is 0.227 e. The molecule has 30 heavy (non-hydrogen) atoms. The number of aromatic nitrogens is 4. The van der Waals surface area contributed by atoms with Crippen LogP contribution in [-0.2, 0) is 11.3 Å². The number of fused-ring (bicyclic) bond motifs is 1. The maximum atomic E-state index is 12.7. The van der Waals surface area contributed by atoms with E-state index in [4.69, 9.17) is 0 Å². The van der Waals surface area contributed by atoms with Gasteiger partial charge in [0.05, 0.1) is 11.4 Å². The van der Waals surface area contributed by atoms with Crippen LogP contribution < -0.4 is 10.2 Å². The quantitative estimate of drug-likeness (QED) is 0.695. The summed E-state index contributed by atoms with van der Waals surface area (Å²) in [6, 6.07) is 11.9. The normalized spacial score (nSPS) is 16.5. The molecule has 0 bridgehead atoms. The van der Waals surface area contributed by atoms with Crippen molar-refractivity contribution in [3.8, 4) is 11.3 Å². The predicted octanol–water partition coefficient (Wildman–Crippen LogP) is 3.61. The van der Waals surface area contributed by atoms with Gasteiger partial charge in [0.2, 0.25) is 5.91 Å². The van der Waals surface area contributed by atoms with E-state index in [9.17, 15) is 4.79 Å². The van der Waals surface area contributed by atoms with E-state index in [1.54, 1.807) is 11.8 Å². The SMILES string of the molecule is Cc1ccc(N2CCC(C(=O)Nc3ccc(-c4cn5c(n4)SCC5)cc3)CC2)nn1. The maximum Gasteiger partial charge on any atom is 0.227 e. The van der Waals surface area contributed by atoms with Crippen LogP contribution in [0.15, 0.2) is 47.8 Å². The first-order valence-electron chi connectivity index (χ1n) is 10.3. The first kappa shape index (κ1) is 19.1. The van der Waals surface area contributed by atoms with E-state index in [2.05, 4.69) is 36.2 Å². The lowest BCUT2D eigenvalue weighted by molar-refractivity contribution is -0.120. The van der Waals surface area contributed by atoms with Crippen molar-refractivity contribution in [3.05, 3.63) is 48.3 Å². The van der Waals surface area contributed by atoms with Crippen molar-refractivity contribution in [1.82, 2.24) is 19.7 Å². The Morgan fingerprint density at radius 2 is 1.87 bits per heavy atom. The van der Waals surface area contributed by atoms with Crippen molar-refractivity contribution in [1.29, 1.82) is 0 Å². The van der Waals surface area contributed by atoms with E-state index in [0.29, 0.717) is 0 Å². The molecule has 154 valence electrons. The molecule has 3 aromatic rings. The molecule has 1 saturated heterocycles. The van der Waals surface area contributed by atoms with Gasteiger partial charge in [-0.2, -0.15) is 5.10 Å². The molecule has 0 radical (unpaired) electrons. The number of carbonyl (C=O) groups excluding carboxylic acids is 1. The molecule has 4 heterocycles. The molecule has 0 aliphatic carbocycles. The molecule has 1 N–H and O–H groups in total. The Kier molecular flexibility index (Phi) is 5.16. The lowest BCUT2D eigenvalue weighted by Crippen LogP contribution is -2.38. The van der Waals surface area contributed by atoms with Gasteiger partial charge in [-0.05, 0) is 44.0 Å². The van der Waals surface area contributed by atoms with Gasteiger partial charge in [-0.25, -0.2) is 4.98 Å². The number of amides is 1. The highest BCUT2D eigenvalue weighted by molar-refractivity contribution is 7.99. The first-order valence-corrected chi connectivity index (χ1v) is 11.3. The number of rotatable bonds is 4. The number of imidazole rings is 1. The Hall–Kier alpha value is -2.87. The third-order valence-electron chi connectivity index (χ3n) is 5.73. The average Bonchev–Trinajstić information content (AvgIpc) is 3.37. The van der Waals surface area contributed by atoms with Gasteiger partial charge < -0.3 is 14.8 Å². The van der Waals surface area contributed by atoms with Crippen LogP contribution in [0.3, 0.4) is 0 Å². The number of aryl methyl sites for hydroxylation is 2. The molecule has 1 fully saturated rings. The fraction of sp³-hybridized carbons (Fsp3) is 0.364. The number of nitrogens with one attached hydrogen (secondary N) is 1. The van der Waals surface area contributed by atoms with Crippen LogP contribution in [0.2, 0.25) is 0 Å². The van der Waals surface area contributed by atoms with Crippen LogP contribution in [0.1, 0.15) is 18.5 Å². The van der Waals surface area contributed by atoms with E-state index >= 15 is 0 Å². The topological polar surface area (TPSA) is 75.9 Å². The van der Waals surface area contributed by atoms with Crippen LogP contribution in [0.25, 0.3) is 11.3 Å². The Morgan fingerprint density at radius 1 is 1.07 bits per heavy atom. The highest BCUT2D eigenvalue weighted by atomic mass is 32.2. The molecular formula is C22H24N6OS. The molecule has 1 aromatic carbocycles. The minimum atomic E-state index is 0.0208. The van der Waals surface area contributed by atoms with Gasteiger partial charge in [-0.3, -0.25) is 4.79 Å². The number of thioether (sulfide) groups is 1. The number of anilines is 2. The highest BCUT2D eigenvalue weighted by Gasteiger charge is 2.26. The van der Waals surface area contributed by atoms with Crippen LogP contribution in [-0.4, -0.2) is 44.5 Å². The summed E-state index contributed by atoms with van der Waals surface area (Å²) in [5.74, 6) is 2.10. The average molecular weight is 421 g/mol. The van der Waals surface area contributed by atoms with E-state index < -0.39 is 0 Å². The molecule has 0 atom stereocenters. The van der Waals surface area contributed by atoms with Gasteiger partial charge in [0.15, 0.2) is 11.0 Å². The molecule has 0 spiro atoms. The molecule has 8 heteroatoms. The number of carbonyl (C=O) groups is 1. The van der Waals surface area contributed by atoms with Crippen molar-refractivity contribution >= 4 is 29.2 Å². The van der Waals surface area contributed by atoms with Crippen molar-refractivity contribution in [3.63, 3.8) is 0 Å². The van der Waals surface area contributed by atoms with Crippen molar-refractivity contribution in [2.45, 2.75) is 31.5 Å².